The summed E-state index contributed by atoms with van der Waals surface area (Å²) in [5, 5.41) is 6.88. The lowest BCUT2D eigenvalue weighted by Crippen LogP contribution is -2.29. The highest BCUT2D eigenvalue weighted by molar-refractivity contribution is 7.80. The van der Waals surface area contributed by atoms with Crippen molar-refractivity contribution in [2.45, 2.75) is 25.4 Å². The molecule has 1 fully saturated rings. The van der Waals surface area contributed by atoms with Crippen LogP contribution in [0.15, 0.2) is 60.9 Å². The van der Waals surface area contributed by atoms with Crippen molar-refractivity contribution in [3.05, 3.63) is 72.3 Å². The van der Waals surface area contributed by atoms with E-state index in [0.717, 1.165) is 17.1 Å². The molecule has 8 heteroatoms. The molecule has 1 amide bonds. The van der Waals surface area contributed by atoms with Gasteiger partial charge in [0.1, 0.15) is 11.8 Å². The van der Waals surface area contributed by atoms with Gasteiger partial charge in [0.2, 0.25) is 5.91 Å². The molecule has 2 atom stereocenters. The molecule has 1 aliphatic rings. The molecule has 0 spiro atoms. The van der Waals surface area contributed by atoms with Crippen molar-refractivity contribution in [1.82, 2.24) is 15.3 Å². The van der Waals surface area contributed by atoms with Gasteiger partial charge in [-0.3, -0.25) is 9.78 Å². The highest BCUT2D eigenvalue weighted by Crippen LogP contribution is 2.42. The van der Waals surface area contributed by atoms with Gasteiger partial charge in [0.05, 0.1) is 24.5 Å². The third-order valence-electron chi connectivity index (χ3n) is 5.10. The smallest absolute Gasteiger partial charge is 0.224 e. The van der Waals surface area contributed by atoms with Crippen molar-refractivity contribution in [2.24, 2.45) is 0 Å². The SMILES string of the molecule is CCC(=O)Nc1ccc(N2C(=S)N[C@H](c3ccccn3)[C@@H]2c2ccc[nH]2)cc1OC. The number of thiocarbonyl (C=S) groups is 1. The molecule has 0 unspecified atom stereocenters. The summed E-state index contributed by atoms with van der Waals surface area (Å²) in [6.07, 6.45) is 4.07. The number of carbonyl (C=O) groups is 1. The minimum absolute atomic E-state index is 0.0705. The minimum Gasteiger partial charge on any atom is -0.494 e. The van der Waals surface area contributed by atoms with E-state index >= 15 is 0 Å². The van der Waals surface area contributed by atoms with Crippen LogP contribution >= 0.6 is 12.2 Å². The Kier molecular flexibility index (Phi) is 5.67. The lowest BCUT2D eigenvalue weighted by molar-refractivity contribution is -0.115. The van der Waals surface area contributed by atoms with Crippen molar-refractivity contribution in [1.29, 1.82) is 0 Å². The van der Waals surface area contributed by atoms with Crippen molar-refractivity contribution in [3.63, 3.8) is 0 Å². The average molecular weight is 422 g/mol. The molecule has 4 rings (SSSR count). The molecule has 3 N–H and O–H groups in total. The Morgan fingerprint density at radius 2 is 2.13 bits per heavy atom. The topological polar surface area (TPSA) is 82.3 Å². The predicted molar refractivity (Wildman–Crippen MR) is 121 cm³/mol. The van der Waals surface area contributed by atoms with Crippen LogP contribution in [0, 0.1) is 0 Å². The van der Waals surface area contributed by atoms with Gasteiger partial charge >= 0.3 is 0 Å². The molecular weight excluding hydrogens is 398 g/mol. The second-order valence-electron chi connectivity index (χ2n) is 6.91. The molecule has 0 saturated carbocycles. The van der Waals surface area contributed by atoms with Crippen molar-refractivity contribution < 1.29 is 9.53 Å². The number of nitrogens with one attached hydrogen (secondary N) is 3. The van der Waals surface area contributed by atoms with Gasteiger partial charge in [0, 0.05) is 36.3 Å². The van der Waals surface area contributed by atoms with E-state index in [9.17, 15) is 4.79 Å². The first-order chi connectivity index (χ1) is 14.6. The lowest BCUT2D eigenvalue weighted by atomic mass is 10.0. The van der Waals surface area contributed by atoms with E-state index in [0.29, 0.717) is 23.0 Å². The summed E-state index contributed by atoms with van der Waals surface area (Å²) in [5.41, 5.74) is 3.40. The van der Waals surface area contributed by atoms with E-state index in [-0.39, 0.29) is 18.0 Å². The standard InChI is InChI=1S/C22H23N5O2S/c1-3-19(28)25-15-10-9-14(13-18(15)29-2)27-21(17-8-6-12-24-17)20(26-22(27)30)16-7-4-5-11-23-16/h4-13,20-21,24H,3H2,1-2H3,(H,25,28)(H,26,30)/t20-,21+/m1/s1. The van der Waals surface area contributed by atoms with Crippen molar-refractivity contribution >= 4 is 34.6 Å². The number of pyridine rings is 1. The van der Waals surface area contributed by atoms with Crippen molar-refractivity contribution in [2.75, 3.05) is 17.3 Å². The van der Waals surface area contributed by atoms with E-state index in [4.69, 9.17) is 17.0 Å². The van der Waals surface area contributed by atoms with Crippen LogP contribution in [0.4, 0.5) is 11.4 Å². The van der Waals surface area contributed by atoms with Crippen LogP contribution in [0.3, 0.4) is 0 Å². The number of amides is 1. The third kappa shape index (κ3) is 3.73. The number of hydrogen-bond donors (Lipinski definition) is 3. The molecular formula is C22H23N5O2S. The Morgan fingerprint density at radius 3 is 2.80 bits per heavy atom. The van der Waals surface area contributed by atoms with Crippen LogP contribution in [-0.2, 0) is 4.79 Å². The van der Waals surface area contributed by atoms with Gasteiger partial charge in [-0.1, -0.05) is 13.0 Å². The zero-order chi connectivity index (χ0) is 21.1. The molecule has 154 valence electrons. The maximum Gasteiger partial charge on any atom is 0.224 e. The summed E-state index contributed by atoms with van der Waals surface area (Å²) in [5.74, 6) is 0.502. The number of aromatic amines is 1. The summed E-state index contributed by atoms with van der Waals surface area (Å²) in [6.45, 7) is 1.81. The fourth-order valence-electron chi connectivity index (χ4n) is 3.65. The maximum absolute atomic E-state index is 11.8. The van der Waals surface area contributed by atoms with Gasteiger partial charge in [0.25, 0.3) is 0 Å². The van der Waals surface area contributed by atoms with Crippen LogP contribution in [0.1, 0.15) is 36.8 Å². The summed E-state index contributed by atoms with van der Waals surface area (Å²) in [7, 11) is 1.58. The van der Waals surface area contributed by atoms with Crippen LogP contribution in [-0.4, -0.2) is 28.1 Å². The number of nitrogens with zero attached hydrogens (tertiary/aromatic N) is 2. The molecule has 3 aromatic rings. The molecule has 0 aliphatic carbocycles. The van der Waals surface area contributed by atoms with E-state index in [2.05, 4.69) is 25.5 Å². The van der Waals surface area contributed by atoms with Crippen LogP contribution < -0.4 is 20.3 Å². The number of carbonyl (C=O) groups excluding carboxylic acids is 1. The maximum atomic E-state index is 11.8. The zero-order valence-electron chi connectivity index (χ0n) is 16.8. The van der Waals surface area contributed by atoms with Crippen molar-refractivity contribution in [3.8, 4) is 5.75 Å². The lowest BCUT2D eigenvalue weighted by Gasteiger charge is -2.27. The predicted octanol–water partition coefficient (Wildman–Crippen LogP) is 3.94. The summed E-state index contributed by atoms with van der Waals surface area (Å²) in [6, 6.07) is 15.3. The summed E-state index contributed by atoms with van der Waals surface area (Å²) in [4.78, 5) is 21.7. The Labute approximate surface area is 180 Å². The molecule has 30 heavy (non-hydrogen) atoms. The first-order valence-electron chi connectivity index (χ1n) is 9.74. The van der Waals surface area contributed by atoms with Gasteiger partial charge in [-0.25, -0.2) is 0 Å². The highest BCUT2D eigenvalue weighted by Gasteiger charge is 2.41. The summed E-state index contributed by atoms with van der Waals surface area (Å²) < 4.78 is 5.54. The molecule has 7 nitrogen and oxygen atoms in total. The minimum atomic E-state index is -0.122. The summed E-state index contributed by atoms with van der Waals surface area (Å²) >= 11 is 5.71. The third-order valence-corrected chi connectivity index (χ3v) is 5.41. The van der Waals surface area contributed by atoms with E-state index in [1.807, 2.05) is 61.7 Å². The van der Waals surface area contributed by atoms with Gasteiger partial charge in [-0.15, -0.1) is 0 Å². The fraction of sp³-hybridized carbons (Fsp3) is 0.227. The molecule has 1 aromatic carbocycles. The number of benzene rings is 1. The first-order valence-corrected chi connectivity index (χ1v) is 10.1. The molecule has 2 aromatic heterocycles. The van der Waals surface area contributed by atoms with Crippen LogP contribution in [0.2, 0.25) is 0 Å². The van der Waals surface area contributed by atoms with E-state index in [1.54, 1.807) is 13.3 Å². The Hall–Kier alpha value is -3.39. The Balaban J connectivity index is 1.75. The molecule has 0 bridgehead atoms. The Morgan fingerprint density at radius 1 is 1.27 bits per heavy atom. The molecule has 1 aliphatic heterocycles. The number of hydrogen-bond acceptors (Lipinski definition) is 4. The number of H-pyrrole nitrogens is 1. The quantitative estimate of drug-likeness (QED) is 0.523. The monoisotopic (exact) mass is 421 g/mol. The number of rotatable bonds is 6. The number of ether oxygens (including phenoxy) is 1. The Bertz CT molecular complexity index is 1040. The number of anilines is 2. The van der Waals surface area contributed by atoms with Gasteiger partial charge < -0.3 is 25.3 Å². The fourth-order valence-corrected chi connectivity index (χ4v) is 3.99. The normalized spacial score (nSPS) is 18.2. The second kappa shape index (κ2) is 8.54. The van der Waals surface area contributed by atoms with Crippen LogP contribution in [0.5, 0.6) is 5.75 Å². The van der Waals surface area contributed by atoms with E-state index < -0.39 is 0 Å². The first kappa shape index (κ1) is 19.9. The number of aromatic nitrogens is 2. The number of methoxy groups -OCH3 is 1. The van der Waals surface area contributed by atoms with E-state index in [1.165, 1.54) is 0 Å². The molecule has 0 radical (unpaired) electrons. The highest BCUT2D eigenvalue weighted by atomic mass is 32.1. The van der Waals surface area contributed by atoms with Crippen LogP contribution in [0.25, 0.3) is 0 Å². The second-order valence-corrected chi connectivity index (χ2v) is 7.30. The van der Waals surface area contributed by atoms with Gasteiger partial charge in [-0.2, -0.15) is 0 Å². The van der Waals surface area contributed by atoms with Gasteiger partial charge in [0.15, 0.2) is 5.11 Å². The zero-order valence-corrected chi connectivity index (χ0v) is 17.6. The largest absolute Gasteiger partial charge is 0.494 e. The van der Waals surface area contributed by atoms with Gasteiger partial charge in [-0.05, 0) is 48.6 Å². The molecule has 3 heterocycles. The average Bonchev–Trinajstić information content (AvgIpc) is 3.42. The molecule has 1 saturated heterocycles.